The lowest BCUT2D eigenvalue weighted by Crippen LogP contribution is -2.11. The molecule has 0 saturated heterocycles. The SMILES string of the molecule is O=C(Nc1ccc(O)cc1)c1ncc(-c2ccc(F)cc2)o1. The molecule has 5 nitrogen and oxygen atoms in total. The van der Waals surface area contributed by atoms with Gasteiger partial charge >= 0.3 is 5.91 Å². The molecule has 0 radical (unpaired) electrons. The van der Waals surface area contributed by atoms with Crippen LogP contribution in [0.1, 0.15) is 10.7 Å². The number of nitrogens with one attached hydrogen (secondary N) is 1. The van der Waals surface area contributed by atoms with E-state index in [0.717, 1.165) is 0 Å². The van der Waals surface area contributed by atoms with Crippen molar-refractivity contribution < 1.29 is 18.7 Å². The minimum atomic E-state index is -0.515. The Balaban J connectivity index is 1.76. The zero-order valence-corrected chi connectivity index (χ0v) is 11.3. The highest BCUT2D eigenvalue weighted by Gasteiger charge is 2.14. The smallest absolute Gasteiger partial charge is 0.311 e. The molecule has 0 saturated carbocycles. The van der Waals surface area contributed by atoms with Crippen molar-refractivity contribution in [3.63, 3.8) is 0 Å². The number of carbonyl (C=O) groups is 1. The van der Waals surface area contributed by atoms with Crippen molar-refractivity contribution in [1.82, 2.24) is 4.98 Å². The first-order chi connectivity index (χ1) is 10.6. The van der Waals surface area contributed by atoms with Crippen LogP contribution in [0.3, 0.4) is 0 Å². The number of carbonyl (C=O) groups excluding carboxylic acids is 1. The van der Waals surface area contributed by atoms with E-state index >= 15 is 0 Å². The van der Waals surface area contributed by atoms with Crippen molar-refractivity contribution in [3.8, 4) is 17.1 Å². The Morgan fingerprint density at radius 2 is 1.77 bits per heavy atom. The summed E-state index contributed by atoms with van der Waals surface area (Å²) in [5, 5.41) is 11.8. The molecule has 1 aromatic heterocycles. The zero-order chi connectivity index (χ0) is 15.5. The van der Waals surface area contributed by atoms with Crippen LogP contribution in [0.5, 0.6) is 5.75 Å². The molecule has 0 aliphatic carbocycles. The maximum atomic E-state index is 12.9. The molecule has 2 N–H and O–H groups in total. The summed E-state index contributed by atoms with van der Waals surface area (Å²) < 4.78 is 18.3. The van der Waals surface area contributed by atoms with E-state index in [1.54, 1.807) is 12.1 Å². The Hall–Kier alpha value is -3.15. The predicted octanol–water partition coefficient (Wildman–Crippen LogP) is 3.44. The first kappa shape index (κ1) is 13.8. The number of benzene rings is 2. The molecule has 0 aliphatic rings. The summed E-state index contributed by atoms with van der Waals surface area (Å²) in [5.41, 5.74) is 1.13. The van der Waals surface area contributed by atoms with Crippen LogP contribution in [-0.2, 0) is 0 Å². The van der Waals surface area contributed by atoms with Crippen LogP contribution in [0.15, 0.2) is 59.1 Å². The molecule has 0 aliphatic heterocycles. The number of hydrogen-bond donors (Lipinski definition) is 2. The highest BCUT2D eigenvalue weighted by molar-refractivity contribution is 6.01. The van der Waals surface area contributed by atoms with Gasteiger partial charge in [-0.05, 0) is 48.5 Å². The Morgan fingerprint density at radius 1 is 1.09 bits per heavy atom. The van der Waals surface area contributed by atoms with Crippen LogP contribution in [0, 0.1) is 5.82 Å². The van der Waals surface area contributed by atoms with Crippen molar-refractivity contribution in [2.45, 2.75) is 0 Å². The zero-order valence-electron chi connectivity index (χ0n) is 11.3. The van der Waals surface area contributed by atoms with Crippen molar-refractivity contribution in [2.24, 2.45) is 0 Å². The molecule has 22 heavy (non-hydrogen) atoms. The lowest BCUT2D eigenvalue weighted by Gasteiger charge is -2.02. The molecule has 0 fully saturated rings. The number of aromatic hydroxyl groups is 1. The second kappa shape index (κ2) is 5.69. The molecule has 0 atom stereocenters. The number of halogens is 1. The fourth-order valence-corrected chi connectivity index (χ4v) is 1.86. The quantitative estimate of drug-likeness (QED) is 0.726. The van der Waals surface area contributed by atoms with Crippen LogP contribution in [0.4, 0.5) is 10.1 Å². The molecule has 3 aromatic rings. The molecular formula is C16H11FN2O3. The normalized spacial score (nSPS) is 10.4. The van der Waals surface area contributed by atoms with Gasteiger partial charge in [-0.25, -0.2) is 9.37 Å². The molecule has 110 valence electrons. The van der Waals surface area contributed by atoms with Crippen LogP contribution in [0.25, 0.3) is 11.3 Å². The fraction of sp³-hybridized carbons (Fsp3) is 0. The maximum Gasteiger partial charge on any atom is 0.311 e. The summed E-state index contributed by atoms with van der Waals surface area (Å²) in [5.74, 6) is -0.497. The van der Waals surface area contributed by atoms with E-state index in [9.17, 15) is 14.3 Å². The summed E-state index contributed by atoms with van der Waals surface area (Å²) in [6.07, 6.45) is 1.40. The fourth-order valence-electron chi connectivity index (χ4n) is 1.86. The second-order valence-electron chi connectivity index (χ2n) is 4.54. The Bertz CT molecular complexity index is 795. The molecule has 6 heteroatoms. The molecule has 2 aromatic carbocycles. The van der Waals surface area contributed by atoms with E-state index in [-0.39, 0.29) is 17.5 Å². The van der Waals surface area contributed by atoms with E-state index < -0.39 is 5.91 Å². The van der Waals surface area contributed by atoms with Gasteiger partial charge in [-0.3, -0.25) is 4.79 Å². The predicted molar refractivity (Wildman–Crippen MR) is 78.0 cm³/mol. The van der Waals surface area contributed by atoms with Crippen LogP contribution >= 0.6 is 0 Å². The molecular weight excluding hydrogens is 287 g/mol. The number of rotatable bonds is 3. The minimum absolute atomic E-state index is 0.104. The van der Waals surface area contributed by atoms with E-state index in [1.807, 2.05) is 0 Å². The second-order valence-corrected chi connectivity index (χ2v) is 4.54. The van der Waals surface area contributed by atoms with E-state index in [0.29, 0.717) is 17.0 Å². The average Bonchev–Trinajstić information content (AvgIpc) is 3.00. The summed E-state index contributed by atoms with van der Waals surface area (Å²) in [7, 11) is 0. The Kier molecular flexibility index (Phi) is 3.57. The molecule has 0 bridgehead atoms. The van der Waals surface area contributed by atoms with E-state index in [1.165, 1.54) is 42.6 Å². The summed E-state index contributed by atoms with van der Waals surface area (Å²) in [6, 6.07) is 11.7. The average molecular weight is 298 g/mol. The highest BCUT2D eigenvalue weighted by atomic mass is 19.1. The molecule has 1 amide bonds. The Morgan fingerprint density at radius 3 is 2.45 bits per heavy atom. The minimum Gasteiger partial charge on any atom is -0.508 e. The number of phenols is 1. The van der Waals surface area contributed by atoms with E-state index in [2.05, 4.69) is 10.3 Å². The number of amides is 1. The van der Waals surface area contributed by atoms with Crippen molar-refractivity contribution in [2.75, 3.05) is 5.32 Å². The number of hydrogen-bond acceptors (Lipinski definition) is 4. The molecule has 1 heterocycles. The van der Waals surface area contributed by atoms with Gasteiger partial charge in [0.15, 0.2) is 5.76 Å². The van der Waals surface area contributed by atoms with Gasteiger partial charge in [0.05, 0.1) is 6.20 Å². The molecule has 0 unspecified atom stereocenters. The van der Waals surface area contributed by atoms with Gasteiger partial charge in [-0.1, -0.05) is 0 Å². The first-order valence-electron chi connectivity index (χ1n) is 6.44. The number of aromatic nitrogens is 1. The largest absolute Gasteiger partial charge is 0.508 e. The van der Waals surface area contributed by atoms with Crippen LogP contribution in [0.2, 0.25) is 0 Å². The van der Waals surface area contributed by atoms with Gasteiger partial charge in [-0.15, -0.1) is 0 Å². The first-order valence-corrected chi connectivity index (χ1v) is 6.44. The third-order valence-electron chi connectivity index (χ3n) is 2.95. The summed E-state index contributed by atoms with van der Waals surface area (Å²) >= 11 is 0. The summed E-state index contributed by atoms with van der Waals surface area (Å²) in [6.45, 7) is 0. The van der Waals surface area contributed by atoms with Gasteiger partial charge in [0.25, 0.3) is 5.89 Å². The van der Waals surface area contributed by atoms with E-state index in [4.69, 9.17) is 4.42 Å². The third kappa shape index (κ3) is 2.95. The highest BCUT2D eigenvalue weighted by Crippen LogP contribution is 2.21. The summed E-state index contributed by atoms with van der Waals surface area (Å²) in [4.78, 5) is 15.9. The molecule has 0 spiro atoms. The van der Waals surface area contributed by atoms with Crippen molar-refractivity contribution >= 4 is 11.6 Å². The monoisotopic (exact) mass is 298 g/mol. The standard InChI is InChI=1S/C16H11FN2O3/c17-11-3-1-10(2-4-11)14-9-18-16(22-14)15(21)19-12-5-7-13(20)8-6-12/h1-9,20H,(H,19,21). The van der Waals surface area contributed by atoms with Gasteiger partial charge in [0, 0.05) is 11.3 Å². The van der Waals surface area contributed by atoms with Gasteiger partial charge in [-0.2, -0.15) is 0 Å². The molecule has 3 rings (SSSR count). The number of oxazole rings is 1. The van der Waals surface area contributed by atoms with Crippen molar-refractivity contribution in [3.05, 3.63) is 66.4 Å². The van der Waals surface area contributed by atoms with Gasteiger partial charge < -0.3 is 14.8 Å². The topological polar surface area (TPSA) is 75.4 Å². The Labute approximate surface area is 125 Å². The lowest BCUT2D eigenvalue weighted by atomic mass is 10.2. The number of phenolic OH excluding ortho intramolecular Hbond substituents is 1. The van der Waals surface area contributed by atoms with Crippen LogP contribution < -0.4 is 5.32 Å². The number of anilines is 1. The van der Waals surface area contributed by atoms with Gasteiger partial charge in [0.1, 0.15) is 11.6 Å². The number of nitrogens with zero attached hydrogens (tertiary/aromatic N) is 1. The maximum absolute atomic E-state index is 12.9. The lowest BCUT2D eigenvalue weighted by molar-refractivity contribution is 0.0991. The van der Waals surface area contributed by atoms with Crippen molar-refractivity contribution in [1.29, 1.82) is 0 Å². The van der Waals surface area contributed by atoms with Crippen LogP contribution in [-0.4, -0.2) is 16.0 Å². The van der Waals surface area contributed by atoms with Gasteiger partial charge in [0.2, 0.25) is 0 Å². The third-order valence-corrected chi connectivity index (χ3v) is 2.95.